The molecule has 2 aromatic heterocycles. The van der Waals surface area contributed by atoms with Crippen molar-refractivity contribution in [2.24, 2.45) is 5.41 Å². The predicted octanol–water partition coefficient (Wildman–Crippen LogP) is 5.25. The number of aromatic nitrogens is 1. The van der Waals surface area contributed by atoms with Crippen LogP contribution in [0.2, 0.25) is 0 Å². The highest BCUT2D eigenvalue weighted by molar-refractivity contribution is 9.10. The first kappa shape index (κ1) is 24.0. The first-order valence-electron chi connectivity index (χ1n) is 10.6. The van der Waals surface area contributed by atoms with E-state index in [9.17, 15) is 18.3 Å². The molecule has 3 aromatic rings. The quantitative estimate of drug-likeness (QED) is 0.476. The Labute approximate surface area is 206 Å². The summed E-state index contributed by atoms with van der Waals surface area (Å²) >= 11 is 4.64. The molecule has 0 spiro atoms. The summed E-state index contributed by atoms with van der Waals surface area (Å²) in [5, 5.41) is 10.4. The summed E-state index contributed by atoms with van der Waals surface area (Å²) in [6.45, 7) is 7.46. The number of carbonyl (C=O) groups is 1. The van der Waals surface area contributed by atoms with Crippen molar-refractivity contribution in [3.8, 4) is 0 Å². The van der Waals surface area contributed by atoms with Crippen molar-refractivity contribution >= 4 is 59.1 Å². The Morgan fingerprint density at radius 3 is 2.67 bits per heavy atom. The molecule has 0 saturated carbocycles. The summed E-state index contributed by atoms with van der Waals surface area (Å²) < 4.78 is 28.3. The van der Waals surface area contributed by atoms with Crippen LogP contribution in [0.5, 0.6) is 0 Å². The molecular weight excluding hydrogens is 526 g/mol. The van der Waals surface area contributed by atoms with E-state index in [0.717, 1.165) is 20.1 Å². The van der Waals surface area contributed by atoms with Crippen molar-refractivity contribution in [3.05, 3.63) is 52.6 Å². The molecule has 1 atom stereocenters. The van der Waals surface area contributed by atoms with Crippen LogP contribution in [0.3, 0.4) is 0 Å². The van der Waals surface area contributed by atoms with E-state index >= 15 is 0 Å². The van der Waals surface area contributed by atoms with E-state index in [1.807, 2.05) is 45.0 Å². The molecule has 1 aliphatic heterocycles. The lowest BCUT2D eigenvalue weighted by Gasteiger charge is -2.46. The lowest BCUT2D eigenvalue weighted by molar-refractivity contribution is 0.0747. The van der Waals surface area contributed by atoms with Gasteiger partial charge < -0.3 is 14.9 Å². The minimum atomic E-state index is -3.53. The molecular formula is C23H26BrN3O4S2. The number of fused-ring (bicyclic) bond motifs is 1. The van der Waals surface area contributed by atoms with Gasteiger partial charge >= 0.3 is 6.09 Å². The molecule has 0 radical (unpaired) electrons. The van der Waals surface area contributed by atoms with Gasteiger partial charge in [-0.05, 0) is 35.2 Å². The highest BCUT2D eigenvalue weighted by Crippen LogP contribution is 2.37. The second-order valence-corrected chi connectivity index (χ2v) is 13.5. The molecule has 1 aromatic carbocycles. The molecule has 1 aliphatic rings. The molecule has 1 amide bonds. The van der Waals surface area contributed by atoms with Crippen LogP contribution in [0.25, 0.3) is 10.1 Å². The summed E-state index contributed by atoms with van der Waals surface area (Å²) in [7, 11) is -3.53. The van der Waals surface area contributed by atoms with Crippen molar-refractivity contribution in [2.45, 2.75) is 36.8 Å². The smallest absolute Gasteiger partial charge is 0.407 e. The highest BCUT2D eigenvalue weighted by Gasteiger charge is 2.38. The Kier molecular flexibility index (Phi) is 6.45. The number of piperazine rings is 1. The van der Waals surface area contributed by atoms with Gasteiger partial charge in [0.2, 0.25) is 0 Å². The third-order valence-electron chi connectivity index (χ3n) is 5.88. The summed E-state index contributed by atoms with van der Waals surface area (Å²) in [5.74, 6) is 0.623. The van der Waals surface area contributed by atoms with E-state index in [1.54, 1.807) is 18.3 Å². The second kappa shape index (κ2) is 8.88. The number of amides is 1. The molecule has 1 unspecified atom stereocenters. The molecule has 33 heavy (non-hydrogen) atoms. The third kappa shape index (κ3) is 5.02. The first-order valence-corrected chi connectivity index (χ1v) is 13.8. The Balaban J connectivity index is 1.67. The molecule has 4 rings (SSSR count). The summed E-state index contributed by atoms with van der Waals surface area (Å²) in [6, 6.07) is 10.6. The van der Waals surface area contributed by atoms with Gasteiger partial charge in [-0.1, -0.05) is 48.8 Å². The number of sulfone groups is 1. The topological polar surface area (TPSA) is 90.8 Å². The zero-order valence-corrected chi connectivity index (χ0v) is 21.9. The van der Waals surface area contributed by atoms with Crippen molar-refractivity contribution in [1.29, 1.82) is 0 Å². The van der Waals surface area contributed by atoms with Crippen molar-refractivity contribution in [2.75, 3.05) is 24.5 Å². The molecule has 1 N–H and O–H groups in total. The van der Waals surface area contributed by atoms with Crippen molar-refractivity contribution in [3.63, 3.8) is 0 Å². The third-order valence-corrected chi connectivity index (χ3v) is 9.72. The number of thiophene rings is 1. The first-order chi connectivity index (χ1) is 15.5. The van der Waals surface area contributed by atoms with E-state index in [0.29, 0.717) is 29.7 Å². The van der Waals surface area contributed by atoms with Crippen LogP contribution in [0, 0.1) is 5.41 Å². The van der Waals surface area contributed by atoms with Crippen LogP contribution < -0.4 is 4.90 Å². The van der Waals surface area contributed by atoms with Crippen LogP contribution >= 0.6 is 27.3 Å². The summed E-state index contributed by atoms with van der Waals surface area (Å²) in [5.41, 5.74) is 0.468. The van der Waals surface area contributed by atoms with E-state index in [1.165, 1.54) is 16.2 Å². The average molecular weight is 553 g/mol. The van der Waals surface area contributed by atoms with E-state index in [4.69, 9.17) is 0 Å². The maximum absolute atomic E-state index is 13.2. The fraction of sp³-hybridized carbons (Fsp3) is 0.391. The number of hydrogen-bond donors (Lipinski definition) is 1. The predicted molar refractivity (Wildman–Crippen MR) is 135 cm³/mol. The van der Waals surface area contributed by atoms with Gasteiger partial charge in [0, 0.05) is 40.4 Å². The summed E-state index contributed by atoms with van der Waals surface area (Å²) in [6.07, 6.45) is 0.770. The number of benzene rings is 1. The van der Waals surface area contributed by atoms with Crippen molar-refractivity contribution < 1.29 is 18.3 Å². The van der Waals surface area contributed by atoms with Gasteiger partial charge in [0.1, 0.15) is 10.0 Å². The van der Waals surface area contributed by atoms with E-state index in [2.05, 4.69) is 25.8 Å². The molecule has 176 valence electrons. The zero-order valence-electron chi connectivity index (χ0n) is 18.7. The monoisotopic (exact) mass is 551 g/mol. The maximum atomic E-state index is 13.2. The van der Waals surface area contributed by atoms with Gasteiger partial charge in [-0.3, -0.25) is 0 Å². The minimum absolute atomic E-state index is 0.0780. The fourth-order valence-corrected chi connectivity index (χ4v) is 7.43. The highest BCUT2D eigenvalue weighted by atomic mass is 79.9. The van der Waals surface area contributed by atoms with Crippen LogP contribution in [-0.4, -0.2) is 55.2 Å². The SMILES string of the molecule is CC(C)(C)C1CN(c2nccc3sc(S(=O)(=O)Cc4cccc(Br)c4)cc23)CCN1C(=O)O. The fourth-order valence-electron chi connectivity index (χ4n) is 4.19. The maximum Gasteiger partial charge on any atom is 0.407 e. The number of pyridine rings is 1. The number of nitrogens with zero attached hydrogens (tertiary/aromatic N) is 3. The standard InChI is InChI=1S/C23H26BrN3O4S2/c1-23(2,3)19-13-26(9-10-27(19)22(28)29)21-17-12-20(32-18(17)7-8-25-21)33(30,31)14-15-5-4-6-16(24)11-15/h4-8,11-12,19H,9-10,13-14H2,1-3H3,(H,28,29). The summed E-state index contributed by atoms with van der Waals surface area (Å²) in [4.78, 5) is 19.9. The number of rotatable bonds is 4. The average Bonchev–Trinajstić information content (AvgIpc) is 3.18. The number of halogens is 1. The van der Waals surface area contributed by atoms with Crippen LogP contribution in [0.1, 0.15) is 26.3 Å². The van der Waals surface area contributed by atoms with Gasteiger partial charge in [0.05, 0.1) is 11.8 Å². The van der Waals surface area contributed by atoms with Gasteiger partial charge in [0.15, 0.2) is 9.84 Å². The Morgan fingerprint density at radius 1 is 1.24 bits per heavy atom. The largest absolute Gasteiger partial charge is 0.465 e. The molecule has 1 fully saturated rings. The Hall–Kier alpha value is -2.17. The lowest BCUT2D eigenvalue weighted by atomic mass is 9.84. The number of hydrogen-bond acceptors (Lipinski definition) is 6. The zero-order chi connectivity index (χ0) is 24.0. The molecule has 0 bridgehead atoms. The number of carboxylic acid groups (broad SMARTS) is 1. The van der Waals surface area contributed by atoms with Gasteiger partial charge in [0.25, 0.3) is 0 Å². The van der Waals surface area contributed by atoms with Crippen LogP contribution in [0.4, 0.5) is 10.6 Å². The molecule has 3 heterocycles. The van der Waals surface area contributed by atoms with Crippen molar-refractivity contribution in [1.82, 2.24) is 9.88 Å². The molecule has 10 heteroatoms. The van der Waals surface area contributed by atoms with Gasteiger partial charge in [-0.25, -0.2) is 18.2 Å². The normalized spacial score (nSPS) is 17.5. The Bertz CT molecular complexity index is 1300. The minimum Gasteiger partial charge on any atom is -0.465 e. The molecule has 1 saturated heterocycles. The van der Waals surface area contributed by atoms with Crippen LogP contribution in [0.15, 0.2) is 51.3 Å². The lowest BCUT2D eigenvalue weighted by Crippen LogP contribution is -2.59. The molecule has 7 nitrogen and oxygen atoms in total. The van der Waals surface area contributed by atoms with E-state index < -0.39 is 15.9 Å². The molecule has 0 aliphatic carbocycles. The number of anilines is 1. The van der Waals surface area contributed by atoms with E-state index in [-0.39, 0.29) is 17.2 Å². The van der Waals surface area contributed by atoms with Crippen LogP contribution in [-0.2, 0) is 15.6 Å². The van der Waals surface area contributed by atoms with Gasteiger partial charge in [-0.15, -0.1) is 11.3 Å². The Morgan fingerprint density at radius 2 is 2.00 bits per heavy atom. The van der Waals surface area contributed by atoms with Gasteiger partial charge in [-0.2, -0.15) is 0 Å². The second-order valence-electron chi connectivity index (χ2n) is 9.30.